The second-order valence-electron chi connectivity index (χ2n) is 7.34. The summed E-state index contributed by atoms with van der Waals surface area (Å²) in [6.07, 6.45) is 0.413. The van der Waals surface area contributed by atoms with Crippen LogP contribution in [0.5, 0.6) is 0 Å². The van der Waals surface area contributed by atoms with Crippen LogP contribution in [0.25, 0.3) is 11.1 Å². The van der Waals surface area contributed by atoms with E-state index in [1.54, 1.807) is 18.3 Å². The largest absolute Gasteiger partial charge is 0.464 e. The molecule has 1 atom stereocenters. The van der Waals surface area contributed by atoms with Gasteiger partial charge in [-0.2, -0.15) is 10.5 Å². The third-order valence-electron chi connectivity index (χ3n) is 4.50. The molecule has 5 nitrogen and oxygen atoms in total. The molecule has 0 saturated carbocycles. The fourth-order valence-corrected chi connectivity index (χ4v) is 2.92. The number of amides is 1. The molecule has 2 aromatic carbocycles. The number of halogens is 1. The van der Waals surface area contributed by atoms with Crippen LogP contribution in [0.2, 0.25) is 0 Å². The Balaban J connectivity index is 2.35. The first-order chi connectivity index (χ1) is 12.7. The number of carboxylic acid groups (broad SMARTS) is 1. The molecule has 0 aliphatic heterocycles. The predicted octanol–water partition coefficient (Wildman–Crippen LogP) is 4.96. The van der Waals surface area contributed by atoms with Gasteiger partial charge in [-0.3, -0.25) is 0 Å². The van der Waals surface area contributed by atoms with Gasteiger partial charge in [-0.05, 0) is 34.2 Å². The predicted molar refractivity (Wildman–Crippen MR) is 99.1 cm³/mol. The van der Waals surface area contributed by atoms with Crippen molar-refractivity contribution in [3.05, 3.63) is 59.4 Å². The van der Waals surface area contributed by atoms with Crippen molar-refractivity contribution in [2.75, 3.05) is 6.54 Å². The molecule has 0 spiro atoms. The van der Waals surface area contributed by atoms with Gasteiger partial charge in [0.25, 0.3) is 0 Å². The number of carbonyl (C=O) groups is 1. The molecule has 2 rings (SSSR count). The minimum Gasteiger partial charge on any atom is -0.464 e. The average molecular weight is 365 g/mol. The second kappa shape index (κ2) is 7.88. The topological polar surface area (TPSA) is 88.1 Å². The molecule has 0 aliphatic carbocycles. The molecule has 2 aromatic rings. The summed E-state index contributed by atoms with van der Waals surface area (Å²) in [5.41, 5.74) is 2.04. The lowest BCUT2D eigenvalue weighted by molar-refractivity contribution is 0.155. The van der Waals surface area contributed by atoms with E-state index in [2.05, 4.69) is 0 Å². The van der Waals surface area contributed by atoms with Crippen LogP contribution in [-0.2, 0) is 0 Å². The average Bonchev–Trinajstić information content (AvgIpc) is 2.61. The van der Waals surface area contributed by atoms with Gasteiger partial charge in [-0.15, -0.1) is 0 Å². The minimum atomic E-state index is -1.28. The third-order valence-corrected chi connectivity index (χ3v) is 4.50. The van der Waals surface area contributed by atoms with Crippen molar-refractivity contribution in [2.45, 2.75) is 26.7 Å². The maximum atomic E-state index is 13.8. The highest BCUT2D eigenvalue weighted by Gasteiger charge is 2.30. The molecular formula is C21H20FN3O2. The first kappa shape index (κ1) is 19.9. The van der Waals surface area contributed by atoms with Gasteiger partial charge in [0.1, 0.15) is 11.9 Å². The summed E-state index contributed by atoms with van der Waals surface area (Å²) in [6.45, 7) is 6.01. The molecule has 0 heterocycles. The van der Waals surface area contributed by atoms with Gasteiger partial charge < -0.3 is 5.11 Å². The molecule has 1 N–H and O–H groups in total. The van der Waals surface area contributed by atoms with Gasteiger partial charge >= 0.3 is 6.09 Å². The Labute approximate surface area is 157 Å². The number of benzene rings is 2. The maximum absolute atomic E-state index is 13.8. The van der Waals surface area contributed by atoms with Gasteiger partial charge in [0.15, 0.2) is 6.19 Å². The molecule has 0 fully saturated rings. The van der Waals surface area contributed by atoms with Crippen LogP contribution in [-0.4, -0.2) is 22.6 Å². The molecule has 0 saturated heterocycles. The van der Waals surface area contributed by atoms with E-state index in [0.717, 1.165) is 16.0 Å². The van der Waals surface area contributed by atoms with Crippen molar-refractivity contribution in [3.63, 3.8) is 0 Å². The van der Waals surface area contributed by atoms with Crippen molar-refractivity contribution in [1.82, 2.24) is 4.90 Å². The molecule has 0 unspecified atom stereocenters. The highest BCUT2D eigenvalue weighted by molar-refractivity contribution is 5.67. The van der Waals surface area contributed by atoms with Gasteiger partial charge in [0, 0.05) is 12.5 Å². The summed E-state index contributed by atoms with van der Waals surface area (Å²) < 4.78 is 13.8. The lowest BCUT2D eigenvalue weighted by Crippen LogP contribution is -2.34. The first-order valence-corrected chi connectivity index (χ1v) is 8.37. The van der Waals surface area contributed by atoms with E-state index in [-0.39, 0.29) is 23.4 Å². The van der Waals surface area contributed by atoms with Crippen LogP contribution in [0.15, 0.2) is 42.5 Å². The monoisotopic (exact) mass is 365 g/mol. The molecule has 0 aromatic heterocycles. The maximum Gasteiger partial charge on any atom is 0.420 e. The zero-order valence-corrected chi connectivity index (χ0v) is 15.4. The molecule has 0 aliphatic rings. The molecule has 138 valence electrons. The first-order valence-electron chi connectivity index (χ1n) is 8.37. The van der Waals surface area contributed by atoms with Gasteiger partial charge in [-0.25, -0.2) is 14.1 Å². The number of rotatable bonds is 4. The van der Waals surface area contributed by atoms with E-state index in [4.69, 9.17) is 15.6 Å². The van der Waals surface area contributed by atoms with E-state index >= 15 is 0 Å². The highest BCUT2D eigenvalue weighted by atomic mass is 19.1. The van der Waals surface area contributed by atoms with E-state index in [1.807, 2.05) is 45.0 Å². The molecular weight excluding hydrogens is 345 g/mol. The Morgan fingerprint density at radius 2 is 1.74 bits per heavy atom. The third kappa shape index (κ3) is 4.62. The number of hydrogen-bond acceptors (Lipinski definition) is 3. The van der Waals surface area contributed by atoms with Crippen molar-refractivity contribution in [2.24, 2.45) is 5.41 Å². The zero-order chi connectivity index (χ0) is 20.2. The lowest BCUT2D eigenvalue weighted by atomic mass is 9.76. The summed E-state index contributed by atoms with van der Waals surface area (Å²) in [4.78, 5) is 11.9. The Bertz CT molecular complexity index is 918. The van der Waals surface area contributed by atoms with Crippen LogP contribution in [0.3, 0.4) is 0 Å². The minimum absolute atomic E-state index is 0.00608. The lowest BCUT2D eigenvalue weighted by Gasteiger charge is -2.32. The Morgan fingerprint density at radius 3 is 2.19 bits per heavy atom. The standard InChI is InChI=1S/C21H20FN3O2/c1-21(2,3)18(12-25(13-24)20(26)27)15-6-4-14(5-7-15)16-8-9-17(11-23)19(22)10-16/h4-10,18H,12H2,1-3H3,(H,26,27)/t18-/m1/s1. The number of nitriles is 2. The van der Waals surface area contributed by atoms with E-state index in [1.165, 1.54) is 12.1 Å². The number of nitrogens with zero attached hydrogens (tertiary/aromatic N) is 3. The molecule has 0 bridgehead atoms. The van der Waals surface area contributed by atoms with Crippen LogP contribution in [0.1, 0.15) is 37.8 Å². The fourth-order valence-electron chi connectivity index (χ4n) is 2.92. The zero-order valence-electron chi connectivity index (χ0n) is 15.4. The van der Waals surface area contributed by atoms with E-state index in [0.29, 0.717) is 5.56 Å². The molecule has 27 heavy (non-hydrogen) atoms. The van der Waals surface area contributed by atoms with Gasteiger partial charge in [0.05, 0.1) is 5.56 Å². The number of hydrogen-bond donors (Lipinski definition) is 1. The quantitative estimate of drug-likeness (QED) is 0.613. The van der Waals surface area contributed by atoms with Crippen LogP contribution < -0.4 is 0 Å². The van der Waals surface area contributed by atoms with Crippen LogP contribution in [0.4, 0.5) is 9.18 Å². The Morgan fingerprint density at radius 1 is 1.15 bits per heavy atom. The second-order valence-corrected chi connectivity index (χ2v) is 7.34. The summed E-state index contributed by atoms with van der Waals surface area (Å²) in [5.74, 6) is -0.766. The summed E-state index contributed by atoms with van der Waals surface area (Å²) in [7, 11) is 0. The van der Waals surface area contributed by atoms with E-state index < -0.39 is 11.9 Å². The normalized spacial score (nSPS) is 11.9. The smallest absolute Gasteiger partial charge is 0.420 e. The van der Waals surface area contributed by atoms with Gasteiger partial charge in [-0.1, -0.05) is 51.1 Å². The van der Waals surface area contributed by atoms with Crippen molar-refractivity contribution < 1.29 is 14.3 Å². The van der Waals surface area contributed by atoms with Gasteiger partial charge in [0.2, 0.25) is 0 Å². The molecule has 6 heteroatoms. The summed E-state index contributed by atoms with van der Waals surface area (Å²) >= 11 is 0. The Kier molecular flexibility index (Phi) is 5.82. The van der Waals surface area contributed by atoms with E-state index in [9.17, 15) is 9.18 Å². The van der Waals surface area contributed by atoms with Crippen molar-refractivity contribution in [1.29, 1.82) is 10.5 Å². The van der Waals surface area contributed by atoms with Crippen LogP contribution >= 0.6 is 0 Å². The van der Waals surface area contributed by atoms with Crippen LogP contribution in [0, 0.1) is 34.0 Å². The van der Waals surface area contributed by atoms with Crippen molar-refractivity contribution in [3.8, 4) is 23.4 Å². The molecule has 1 amide bonds. The Hall–Kier alpha value is -3.38. The highest BCUT2D eigenvalue weighted by Crippen LogP contribution is 2.36. The SMILES string of the molecule is CC(C)(C)[C@H](CN(C#N)C(=O)O)c1ccc(-c2ccc(C#N)c(F)c2)cc1. The fraction of sp³-hybridized carbons (Fsp3) is 0.286. The summed E-state index contributed by atoms with van der Waals surface area (Å²) in [6, 6.07) is 13.6. The molecule has 0 radical (unpaired) electrons. The summed E-state index contributed by atoms with van der Waals surface area (Å²) in [5, 5.41) is 27.0. The van der Waals surface area contributed by atoms with Crippen molar-refractivity contribution >= 4 is 6.09 Å².